The molecule has 19 heavy (non-hydrogen) atoms. The molecule has 2 rings (SSSR count). The van der Waals surface area contributed by atoms with Crippen LogP contribution < -0.4 is 10.1 Å². The maximum atomic E-state index is 10.4. The lowest BCUT2D eigenvalue weighted by Gasteiger charge is -2.33. The van der Waals surface area contributed by atoms with Gasteiger partial charge in [0.15, 0.2) is 0 Å². The topological polar surface area (TPSA) is 50.7 Å². The van der Waals surface area contributed by atoms with Crippen molar-refractivity contribution in [1.82, 2.24) is 5.32 Å². The Bertz CT molecular complexity index is 402. The molecule has 0 aromatic heterocycles. The quantitative estimate of drug-likeness (QED) is 0.853. The zero-order valence-electron chi connectivity index (χ0n) is 11.7. The first-order valence-electron chi connectivity index (χ1n) is 6.81. The van der Waals surface area contributed by atoms with Crippen LogP contribution in [0.3, 0.4) is 0 Å². The van der Waals surface area contributed by atoms with Crippen molar-refractivity contribution >= 4 is 0 Å². The summed E-state index contributed by atoms with van der Waals surface area (Å²) in [6.45, 7) is 3.94. The summed E-state index contributed by atoms with van der Waals surface area (Å²) in [6, 6.07) is 8.10. The molecule has 1 unspecified atom stereocenters. The largest absolute Gasteiger partial charge is 0.496 e. The van der Waals surface area contributed by atoms with Crippen molar-refractivity contribution in [3.63, 3.8) is 0 Å². The molecule has 4 nitrogen and oxygen atoms in total. The van der Waals surface area contributed by atoms with Crippen molar-refractivity contribution < 1.29 is 14.6 Å². The van der Waals surface area contributed by atoms with E-state index in [2.05, 4.69) is 12.2 Å². The molecule has 1 heterocycles. The minimum atomic E-state index is -0.644. The van der Waals surface area contributed by atoms with E-state index in [4.69, 9.17) is 9.47 Å². The Labute approximate surface area is 114 Å². The molecule has 0 bridgehead atoms. The van der Waals surface area contributed by atoms with Crippen LogP contribution in [0.4, 0.5) is 0 Å². The average Bonchev–Trinajstić information content (AvgIpc) is 2.45. The van der Waals surface area contributed by atoms with E-state index in [0.29, 0.717) is 32.6 Å². The predicted octanol–water partition coefficient (Wildman–Crippen LogP) is 1.89. The standard InChI is InChI=1S/C15H23NO3/c1-12(13-5-3-4-6-14(13)18-2)16-11-15(17)7-9-19-10-8-15/h3-6,12,16-17H,7-11H2,1-2H3. The average molecular weight is 265 g/mol. The van der Waals surface area contributed by atoms with Gasteiger partial charge in [0.05, 0.1) is 12.7 Å². The highest BCUT2D eigenvalue weighted by Gasteiger charge is 2.30. The lowest BCUT2D eigenvalue weighted by molar-refractivity contribution is -0.0626. The van der Waals surface area contributed by atoms with Gasteiger partial charge in [-0.25, -0.2) is 0 Å². The smallest absolute Gasteiger partial charge is 0.123 e. The number of hydrogen-bond acceptors (Lipinski definition) is 4. The molecule has 0 radical (unpaired) electrons. The molecule has 1 fully saturated rings. The molecule has 0 spiro atoms. The normalized spacial score (nSPS) is 19.9. The number of benzene rings is 1. The maximum absolute atomic E-state index is 10.4. The lowest BCUT2D eigenvalue weighted by atomic mass is 9.94. The van der Waals surface area contributed by atoms with Crippen molar-refractivity contribution in [3.05, 3.63) is 29.8 Å². The molecular formula is C15H23NO3. The fourth-order valence-electron chi connectivity index (χ4n) is 2.41. The molecule has 106 valence electrons. The minimum Gasteiger partial charge on any atom is -0.496 e. The van der Waals surface area contributed by atoms with E-state index in [0.717, 1.165) is 11.3 Å². The molecule has 1 atom stereocenters. The van der Waals surface area contributed by atoms with Gasteiger partial charge in [0.2, 0.25) is 0 Å². The molecule has 1 saturated heterocycles. The van der Waals surface area contributed by atoms with Crippen LogP contribution in [0.1, 0.15) is 31.4 Å². The van der Waals surface area contributed by atoms with Gasteiger partial charge in [-0.1, -0.05) is 18.2 Å². The second-order valence-corrected chi connectivity index (χ2v) is 5.18. The van der Waals surface area contributed by atoms with E-state index in [1.807, 2.05) is 24.3 Å². The second-order valence-electron chi connectivity index (χ2n) is 5.18. The first-order chi connectivity index (χ1) is 9.14. The van der Waals surface area contributed by atoms with Gasteiger partial charge < -0.3 is 19.9 Å². The van der Waals surface area contributed by atoms with Crippen molar-refractivity contribution in [2.75, 3.05) is 26.9 Å². The summed E-state index contributed by atoms with van der Waals surface area (Å²) < 4.78 is 10.6. The van der Waals surface area contributed by atoms with Crippen LogP contribution in [0.25, 0.3) is 0 Å². The number of ether oxygens (including phenoxy) is 2. The van der Waals surface area contributed by atoms with Crippen LogP contribution in [-0.2, 0) is 4.74 Å². The van der Waals surface area contributed by atoms with Crippen molar-refractivity contribution in [1.29, 1.82) is 0 Å². The molecule has 4 heteroatoms. The van der Waals surface area contributed by atoms with Crippen molar-refractivity contribution in [2.45, 2.75) is 31.4 Å². The third kappa shape index (κ3) is 3.69. The van der Waals surface area contributed by atoms with Gasteiger partial charge in [0, 0.05) is 44.2 Å². The van der Waals surface area contributed by atoms with E-state index in [9.17, 15) is 5.11 Å². The SMILES string of the molecule is COc1ccccc1C(C)NCC1(O)CCOCC1. The first-order valence-corrected chi connectivity index (χ1v) is 6.81. The molecule has 0 amide bonds. The zero-order valence-corrected chi connectivity index (χ0v) is 11.7. The first kappa shape index (κ1) is 14.3. The lowest BCUT2D eigenvalue weighted by Crippen LogP contribution is -2.45. The fraction of sp³-hybridized carbons (Fsp3) is 0.600. The highest BCUT2D eigenvalue weighted by Crippen LogP contribution is 2.26. The summed E-state index contributed by atoms with van der Waals surface area (Å²) in [5, 5.41) is 13.8. The Morgan fingerprint density at radius 3 is 2.74 bits per heavy atom. The van der Waals surface area contributed by atoms with Crippen LogP contribution in [0.15, 0.2) is 24.3 Å². The third-order valence-electron chi connectivity index (χ3n) is 3.77. The molecule has 0 aliphatic carbocycles. The Balaban J connectivity index is 1.95. The number of para-hydroxylation sites is 1. The monoisotopic (exact) mass is 265 g/mol. The van der Waals surface area contributed by atoms with E-state index in [1.54, 1.807) is 7.11 Å². The second kappa shape index (κ2) is 6.37. The van der Waals surface area contributed by atoms with Crippen LogP contribution in [0.2, 0.25) is 0 Å². The summed E-state index contributed by atoms with van der Waals surface area (Å²) >= 11 is 0. The molecule has 2 N–H and O–H groups in total. The summed E-state index contributed by atoms with van der Waals surface area (Å²) in [5.74, 6) is 0.876. The number of nitrogens with one attached hydrogen (secondary N) is 1. The third-order valence-corrected chi connectivity index (χ3v) is 3.77. The molecule has 1 aromatic rings. The van der Waals surface area contributed by atoms with Crippen LogP contribution >= 0.6 is 0 Å². The summed E-state index contributed by atoms with van der Waals surface area (Å²) in [6.07, 6.45) is 1.39. The van der Waals surface area contributed by atoms with Gasteiger partial charge in [-0.15, -0.1) is 0 Å². The molecule has 0 saturated carbocycles. The van der Waals surface area contributed by atoms with Gasteiger partial charge in [-0.2, -0.15) is 0 Å². The Morgan fingerprint density at radius 2 is 2.05 bits per heavy atom. The Kier molecular flexibility index (Phi) is 4.80. The predicted molar refractivity (Wildman–Crippen MR) is 74.4 cm³/mol. The summed E-state index contributed by atoms with van der Waals surface area (Å²) in [7, 11) is 1.68. The number of hydrogen-bond donors (Lipinski definition) is 2. The summed E-state index contributed by atoms with van der Waals surface area (Å²) in [4.78, 5) is 0. The maximum Gasteiger partial charge on any atom is 0.123 e. The Hall–Kier alpha value is -1.10. The van der Waals surface area contributed by atoms with Gasteiger partial charge >= 0.3 is 0 Å². The minimum absolute atomic E-state index is 0.142. The van der Waals surface area contributed by atoms with E-state index in [1.165, 1.54) is 0 Å². The molecule has 1 aromatic carbocycles. The fourth-order valence-corrected chi connectivity index (χ4v) is 2.41. The van der Waals surface area contributed by atoms with E-state index in [-0.39, 0.29) is 6.04 Å². The van der Waals surface area contributed by atoms with Crippen molar-refractivity contribution in [3.8, 4) is 5.75 Å². The van der Waals surface area contributed by atoms with Crippen LogP contribution in [-0.4, -0.2) is 37.6 Å². The molecule has 1 aliphatic heterocycles. The van der Waals surface area contributed by atoms with Gasteiger partial charge in [0.1, 0.15) is 5.75 Å². The Morgan fingerprint density at radius 1 is 1.37 bits per heavy atom. The number of methoxy groups -OCH3 is 1. The molecular weight excluding hydrogens is 242 g/mol. The number of aliphatic hydroxyl groups is 1. The van der Waals surface area contributed by atoms with E-state index < -0.39 is 5.60 Å². The van der Waals surface area contributed by atoms with Crippen LogP contribution in [0.5, 0.6) is 5.75 Å². The highest BCUT2D eigenvalue weighted by atomic mass is 16.5. The highest BCUT2D eigenvalue weighted by molar-refractivity contribution is 5.35. The number of rotatable bonds is 5. The van der Waals surface area contributed by atoms with E-state index >= 15 is 0 Å². The summed E-state index contributed by atoms with van der Waals surface area (Å²) in [5.41, 5.74) is 0.467. The molecule has 1 aliphatic rings. The van der Waals surface area contributed by atoms with Crippen molar-refractivity contribution in [2.24, 2.45) is 0 Å². The van der Waals surface area contributed by atoms with Gasteiger partial charge in [-0.05, 0) is 13.0 Å². The van der Waals surface area contributed by atoms with Gasteiger partial charge in [0.25, 0.3) is 0 Å². The van der Waals surface area contributed by atoms with Crippen LogP contribution in [0, 0.1) is 0 Å². The van der Waals surface area contributed by atoms with Gasteiger partial charge in [-0.3, -0.25) is 0 Å². The zero-order chi connectivity index (χ0) is 13.7.